The molecule has 4 nitrogen and oxygen atoms in total. The summed E-state index contributed by atoms with van der Waals surface area (Å²) in [4.78, 5) is 1.99. The predicted molar refractivity (Wildman–Crippen MR) is 91.7 cm³/mol. The van der Waals surface area contributed by atoms with Gasteiger partial charge in [-0.25, -0.2) is 17.2 Å². The van der Waals surface area contributed by atoms with E-state index in [4.69, 9.17) is 0 Å². The van der Waals surface area contributed by atoms with Gasteiger partial charge in [-0.05, 0) is 50.2 Å². The highest BCUT2D eigenvalue weighted by Gasteiger charge is 2.34. The van der Waals surface area contributed by atoms with Gasteiger partial charge >= 0.3 is 0 Å². The van der Waals surface area contributed by atoms with E-state index in [0.717, 1.165) is 50.2 Å². The second kappa shape index (κ2) is 7.68. The third-order valence-electron chi connectivity index (χ3n) is 4.49. The summed E-state index contributed by atoms with van der Waals surface area (Å²) in [7, 11) is -3.91. The van der Waals surface area contributed by atoms with Crippen molar-refractivity contribution in [1.82, 2.24) is 9.21 Å². The van der Waals surface area contributed by atoms with Crippen LogP contribution in [0.3, 0.4) is 0 Å². The summed E-state index contributed by atoms with van der Waals surface area (Å²) in [5.74, 6) is -0.115. The lowest BCUT2D eigenvalue weighted by Gasteiger charge is -2.31. The molecule has 0 bridgehead atoms. The average Bonchev–Trinajstić information content (AvgIpc) is 2.90. The zero-order valence-electron chi connectivity index (χ0n) is 13.5. The van der Waals surface area contributed by atoms with Crippen LogP contribution in [-0.4, -0.2) is 61.3 Å². The number of nitrogens with zero attached hydrogens (tertiary/aromatic N) is 2. The van der Waals surface area contributed by atoms with Crippen molar-refractivity contribution in [3.05, 3.63) is 29.8 Å². The summed E-state index contributed by atoms with van der Waals surface area (Å²) >= 11 is 1.75. The Hall–Kier alpha value is -0.700. The standard InChI is InChI=1S/C16H22F2N2O2S2/c17-13-8-14(18)10-16(9-13)24(21,22)20-6-3-7-23-12-15(20)11-19-4-1-2-5-19/h8-10,15H,1-7,11-12H2. The lowest BCUT2D eigenvalue weighted by Crippen LogP contribution is -2.47. The first-order chi connectivity index (χ1) is 11.5. The highest BCUT2D eigenvalue weighted by Crippen LogP contribution is 2.26. The molecule has 134 valence electrons. The topological polar surface area (TPSA) is 40.6 Å². The zero-order chi connectivity index (χ0) is 17.2. The highest BCUT2D eigenvalue weighted by molar-refractivity contribution is 7.99. The third-order valence-corrected chi connectivity index (χ3v) is 7.62. The molecule has 0 radical (unpaired) electrons. The van der Waals surface area contributed by atoms with Crippen molar-refractivity contribution in [3.8, 4) is 0 Å². The largest absolute Gasteiger partial charge is 0.302 e. The monoisotopic (exact) mass is 376 g/mol. The van der Waals surface area contributed by atoms with Gasteiger partial charge in [-0.1, -0.05) is 0 Å². The van der Waals surface area contributed by atoms with Gasteiger partial charge in [0.05, 0.1) is 4.90 Å². The molecule has 3 rings (SSSR count). The molecule has 24 heavy (non-hydrogen) atoms. The lowest BCUT2D eigenvalue weighted by molar-refractivity contribution is 0.243. The number of thioether (sulfide) groups is 1. The fraction of sp³-hybridized carbons (Fsp3) is 0.625. The van der Waals surface area contributed by atoms with Crippen LogP contribution in [0.4, 0.5) is 8.78 Å². The SMILES string of the molecule is O=S(=O)(c1cc(F)cc(F)c1)N1CCCSCC1CN1CCCC1. The molecule has 0 aliphatic carbocycles. The molecule has 1 unspecified atom stereocenters. The second-order valence-electron chi connectivity index (χ2n) is 6.31. The van der Waals surface area contributed by atoms with Crippen LogP contribution < -0.4 is 0 Å². The predicted octanol–water partition coefficient (Wildman–Crippen LogP) is 2.56. The van der Waals surface area contributed by atoms with E-state index in [1.807, 2.05) is 0 Å². The molecular weight excluding hydrogens is 354 g/mol. The third kappa shape index (κ3) is 4.09. The Morgan fingerprint density at radius 2 is 1.71 bits per heavy atom. The van der Waals surface area contributed by atoms with Crippen LogP contribution in [-0.2, 0) is 10.0 Å². The van der Waals surface area contributed by atoms with Crippen LogP contribution >= 0.6 is 11.8 Å². The van der Waals surface area contributed by atoms with Gasteiger partial charge in [-0.15, -0.1) is 0 Å². The molecule has 2 aliphatic rings. The fourth-order valence-electron chi connectivity index (χ4n) is 3.34. The maximum Gasteiger partial charge on any atom is 0.243 e. The average molecular weight is 376 g/mol. The first-order valence-corrected chi connectivity index (χ1v) is 10.8. The van der Waals surface area contributed by atoms with Crippen molar-refractivity contribution in [1.29, 1.82) is 0 Å². The number of likely N-dealkylation sites (tertiary alicyclic amines) is 1. The molecule has 0 spiro atoms. The molecule has 2 fully saturated rings. The van der Waals surface area contributed by atoms with Crippen LogP contribution in [0.2, 0.25) is 0 Å². The van der Waals surface area contributed by atoms with Crippen LogP contribution in [0, 0.1) is 11.6 Å². The second-order valence-corrected chi connectivity index (χ2v) is 9.35. The van der Waals surface area contributed by atoms with Gasteiger partial charge in [0.15, 0.2) is 0 Å². The summed E-state index contributed by atoms with van der Waals surface area (Å²) < 4.78 is 54.4. The van der Waals surface area contributed by atoms with Crippen molar-refractivity contribution in [2.75, 3.05) is 37.7 Å². The molecular formula is C16H22F2N2O2S2. The molecule has 0 N–H and O–H groups in total. The molecule has 0 saturated carbocycles. The van der Waals surface area contributed by atoms with E-state index in [-0.39, 0.29) is 10.9 Å². The maximum atomic E-state index is 13.5. The van der Waals surface area contributed by atoms with Gasteiger partial charge in [0, 0.05) is 31.0 Å². The maximum absolute atomic E-state index is 13.5. The molecule has 2 aliphatic heterocycles. The molecule has 1 atom stereocenters. The fourth-order valence-corrected chi connectivity index (χ4v) is 6.19. The van der Waals surface area contributed by atoms with Crippen molar-refractivity contribution in [2.45, 2.75) is 30.2 Å². The molecule has 2 heterocycles. The molecule has 8 heteroatoms. The Labute approximate surface area is 146 Å². The van der Waals surface area contributed by atoms with E-state index in [9.17, 15) is 17.2 Å². The van der Waals surface area contributed by atoms with Crippen LogP contribution in [0.15, 0.2) is 23.1 Å². The zero-order valence-corrected chi connectivity index (χ0v) is 15.1. The molecule has 1 aromatic rings. The summed E-state index contributed by atoms with van der Waals surface area (Å²) in [6.07, 6.45) is 3.03. The molecule has 0 aromatic heterocycles. The van der Waals surface area contributed by atoms with Gasteiger partial charge in [-0.2, -0.15) is 16.1 Å². The van der Waals surface area contributed by atoms with Crippen LogP contribution in [0.1, 0.15) is 19.3 Å². The van der Waals surface area contributed by atoms with Gasteiger partial charge in [-0.3, -0.25) is 0 Å². The van der Waals surface area contributed by atoms with E-state index in [1.165, 1.54) is 4.31 Å². The van der Waals surface area contributed by atoms with E-state index >= 15 is 0 Å². The molecule has 0 amide bonds. The molecule has 1 aromatic carbocycles. The van der Waals surface area contributed by atoms with E-state index < -0.39 is 21.7 Å². The van der Waals surface area contributed by atoms with Crippen molar-refractivity contribution in [3.63, 3.8) is 0 Å². The normalized spacial score (nSPS) is 24.2. The minimum Gasteiger partial charge on any atom is -0.302 e. The summed E-state index contributed by atoms with van der Waals surface area (Å²) in [5.41, 5.74) is 0. The Morgan fingerprint density at radius 3 is 2.38 bits per heavy atom. The number of hydrogen-bond donors (Lipinski definition) is 0. The smallest absolute Gasteiger partial charge is 0.243 e. The van der Waals surface area contributed by atoms with Gasteiger partial charge in [0.2, 0.25) is 10.0 Å². The quantitative estimate of drug-likeness (QED) is 0.810. The summed E-state index contributed by atoms with van der Waals surface area (Å²) in [6, 6.07) is 2.35. The first-order valence-electron chi connectivity index (χ1n) is 8.25. The summed E-state index contributed by atoms with van der Waals surface area (Å²) in [5, 5.41) is 0. The number of hydrogen-bond acceptors (Lipinski definition) is 4. The number of benzene rings is 1. The Balaban J connectivity index is 1.88. The van der Waals surface area contributed by atoms with Crippen molar-refractivity contribution >= 4 is 21.8 Å². The van der Waals surface area contributed by atoms with Gasteiger partial charge < -0.3 is 4.90 Å². The Bertz CT molecular complexity index is 658. The van der Waals surface area contributed by atoms with Crippen LogP contribution in [0.5, 0.6) is 0 Å². The number of rotatable bonds is 4. The first kappa shape index (κ1) is 18.1. The van der Waals surface area contributed by atoms with Crippen molar-refractivity contribution in [2.24, 2.45) is 0 Å². The minimum absolute atomic E-state index is 0.160. The number of sulfonamides is 1. The molecule has 2 saturated heterocycles. The van der Waals surface area contributed by atoms with Crippen molar-refractivity contribution < 1.29 is 17.2 Å². The lowest BCUT2D eigenvalue weighted by atomic mass is 10.3. The Kier molecular flexibility index (Phi) is 5.79. The van der Waals surface area contributed by atoms with E-state index in [2.05, 4.69) is 4.90 Å². The van der Waals surface area contributed by atoms with Gasteiger partial charge in [0.25, 0.3) is 0 Å². The van der Waals surface area contributed by atoms with E-state index in [0.29, 0.717) is 24.9 Å². The minimum atomic E-state index is -3.91. The number of halogens is 2. The summed E-state index contributed by atoms with van der Waals surface area (Å²) in [6.45, 7) is 3.06. The van der Waals surface area contributed by atoms with Crippen LogP contribution in [0.25, 0.3) is 0 Å². The van der Waals surface area contributed by atoms with E-state index in [1.54, 1.807) is 11.8 Å². The Morgan fingerprint density at radius 1 is 1.04 bits per heavy atom. The highest BCUT2D eigenvalue weighted by atomic mass is 32.2. The van der Waals surface area contributed by atoms with Gasteiger partial charge in [0.1, 0.15) is 11.6 Å².